The third-order valence-electron chi connectivity index (χ3n) is 2.18. The second kappa shape index (κ2) is 4.11. The van der Waals surface area contributed by atoms with E-state index in [0.717, 1.165) is 5.56 Å². The molecule has 2 rings (SSSR count). The fourth-order valence-corrected chi connectivity index (χ4v) is 1.36. The van der Waals surface area contributed by atoms with Gasteiger partial charge < -0.3 is 5.73 Å². The summed E-state index contributed by atoms with van der Waals surface area (Å²) in [5.41, 5.74) is 7.03. The number of nitrogens with two attached hydrogens (primary N) is 1. The molecule has 0 fully saturated rings. The van der Waals surface area contributed by atoms with Crippen LogP contribution in [0.15, 0.2) is 36.7 Å². The molecule has 0 aliphatic carbocycles. The van der Waals surface area contributed by atoms with Gasteiger partial charge in [-0.25, -0.2) is 4.68 Å². The molecule has 0 amide bonds. The third-order valence-corrected chi connectivity index (χ3v) is 2.18. The molecule has 0 saturated carbocycles. The van der Waals surface area contributed by atoms with Gasteiger partial charge in [0.2, 0.25) is 0 Å². The van der Waals surface area contributed by atoms with Crippen molar-refractivity contribution >= 4 is 5.69 Å². The third kappa shape index (κ3) is 1.91. The zero-order valence-corrected chi connectivity index (χ0v) is 8.41. The van der Waals surface area contributed by atoms with Crippen LogP contribution in [0, 0.1) is 10.1 Å². The number of aromatic nitrogens is 2. The monoisotopic (exact) mass is 218 g/mol. The molecule has 82 valence electrons. The zero-order chi connectivity index (χ0) is 11.5. The zero-order valence-electron chi connectivity index (χ0n) is 8.41. The molecule has 1 heterocycles. The van der Waals surface area contributed by atoms with E-state index in [9.17, 15) is 10.1 Å². The molecule has 0 radical (unpaired) electrons. The highest BCUT2D eigenvalue weighted by molar-refractivity contribution is 5.42. The normalized spacial score (nSPS) is 10.3. The van der Waals surface area contributed by atoms with Gasteiger partial charge in [-0.2, -0.15) is 5.10 Å². The van der Waals surface area contributed by atoms with Crippen molar-refractivity contribution in [3.8, 4) is 5.69 Å². The first-order valence-electron chi connectivity index (χ1n) is 4.69. The largest absolute Gasteiger partial charge is 0.326 e. The molecule has 0 bridgehead atoms. The van der Waals surface area contributed by atoms with Crippen molar-refractivity contribution in [2.45, 2.75) is 6.54 Å². The molecular weight excluding hydrogens is 208 g/mol. The molecule has 1 aromatic carbocycles. The van der Waals surface area contributed by atoms with Gasteiger partial charge in [0.1, 0.15) is 0 Å². The summed E-state index contributed by atoms with van der Waals surface area (Å²) in [6.07, 6.45) is 3.39. The standard InChI is InChI=1S/C10H10N4O2/c11-5-8-6-12-13(7-8)9-2-1-3-10(4-9)14(15)16/h1-4,6-7H,5,11H2. The molecule has 0 unspecified atom stereocenters. The summed E-state index contributed by atoms with van der Waals surface area (Å²) < 4.78 is 1.56. The second-order valence-electron chi connectivity index (χ2n) is 3.27. The van der Waals surface area contributed by atoms with Crippen molar-refractivity contribution in [2.75, 3.05) is 0 Å². The Labute approximate surface area is 91.5 Å². The van der Waals surface area contributed by atoms with Gasteiger partial charge in [-0.05, 0) is 6.07 Å². The minimum absolute atomic E-state index is 0.0438. The summed E-state index contributed by atoms with van der Waals surface area (Å²) in [6.45, 7) is 0.398. The molecule has 0 aliphatic heterocycles. The van der Waals surface area contributed by atoms with Crippen LogP contribution in [0.2, 0.25) is 0 Å². The maximum Gasteiger partial charge on any atom is 0.271 e. The predicted octanol–water partition coefficient (Wildman–Crippen LogP) is 1.24. The van der Waals surface area contributed by atoms with Crippen molar-refractivity contribution < 1.29 is 4.92 Å². The van der Waals surface area contributed by atoms with Crippen LogP contribution in [0.3, 0.4) is 0 Å². The van der Waals surface area contributed by atoms with Gasteiger partial charge >= 0.3 is 0 Å². The molecule has 0 spiro atoms. The first kappa shape index (κ1) is 10.3. The Balaban J connectivity index is 2.40. The number of rotatable bonds is 3. The van der Waals surface area contributed by atoms with Gasteiger partial charge in [-0.3, -0.25) is 10.1 Å². The van der Waals surface area contributed by atoms with Gasteiger partial charge in [0.05, 0.1) is 16.8 Å². The Morgan fingerprint density at radius 3 is 2.94 bits per heavy atom. The van der Waals surface area contributed by atoms with E-state index in [-0.39, 0.29) is 5.69 Å². The average Bonchev–Trinajstić information content (AvgIpc) is 2.77. The molecular formula is C10H10N4O2. The summed E-state index contributed by atoms with van der Waals surface area (Å²) in [7, 11) is 0. The van der Waals surface area contributed by atoms with Crippen LogP contribution in [-0.4, -0.2) is 14.7 Å². The maximum atomic E-state index is 10.6. The molecule has 2 N–H and O–H groups in total. The van der Waals surface area contributed by atoms with Crippen molar-refractivity contribution in [3.05, 3.63) is 52.3 Å². The van der Waals surface area contributed by atoms with Crippen molar-refractivity contribution in [3.63, 3.8) is 0 Å². The molecule has 6 nitrogen and oxygen atoms in total. The quantitative estimate of drug-likeness (QED) is 0.620. The Bertz CT molecular complexity index is 521. The maximum absolute atomic E-state index is 10.6. The van der Waals surface area contributed by atoms with Crippen LogP contribution in [0.25, 0.3) is 5.69 Å². The Morgan fingerprint density at radius 1 is 1.50 bits per heavy atom. The van der Waals surface area contributed by atoms with Crippen LogP contribution in [0.5, 0.6) is 0 Å². The van der Waals surface area contributed by atoms with Crippen LogP contribution in [0.4, 0.5) is 5.69 Å². The van der Waals surface area contributed by atoms with Crippen LogP contribution in [-0.2, 0) is 6.54 Å². The lowest BCUT2D eigenvalue weighted by atomic mass is 10.3. The van der Waals surface area contributed by atoms with E-state index >= 15 is 0 Å². The first-order chi connectivity index (χ1) is 7.70. The van der Waals surface area contributed by atoms with E-state index in [1.54, 1.807) is 29.2 Å². The van der Waals surface area contributed by atoms with Crippen molar-refractivity contribution in [2.24, 2.45) is 5.73 Å². The van der Waals surface area contributed by atoms with E-state index in [4.69, 9.17) is 5.73 Å². The molecule has 0 saturated heterocycles. The number of benzene rings is 1. The van der Waals surface area contributed by atoms with Crippen LogP contribution >= 0.6 is 0 Å². The number of non-ortho nitro benzene ring substituents is 1. The van der Waals surface area contributed by atoms with Gasteiger partial charge in [0.25, 0.3) is 5.69 Å². The second-order valence-corrected chi connectivity index (χ2v) is 3.27. The van der Waals surface area contributed by atoms with Crippen molar-refractivity contribution in [1.29, 1.82) is 0 Å². The topological polar surface area (TPSA) is 87.0 Å². The predicted molar refractivity (Wildman–Crippen MR) is 58.1 cm³/mol. The van der Waals surface area contributed by atoms with Crippen LogP contribution in [0.1, 0.15) is 5.56 Å². The van der Waals surface area contributed by atoms with Crippen molar-refractivity contribution in [1.82, 2.24) is 9.78 Å². The number of nitro groups is 1. The molecule has 6 heteroatoms. The summed E-state index contributed by atoms with van der Waals surface area (Å²) in [5.74, 6) is 0. The summed E-state index contributed by atoms with van der Waals surface area (Å²) >= 11 is 0. The highest BCUT2D eigenvalue weighted by Crippen LogP contribution is 2.16. The lowest BCUT2D eigenvalue weighted by Gasteiger charge is -2.00. The van der Waals surface area contributed by atoms with Crippen LogP contribution < -0.4 is 5.73 Å². The summed E-state index contributed by atoms with van der Waals surface area (Å²) in [4.78, 5) is 10.2. The Hall–Kier alpha value is -2.21. The number of hydrogen-bond acceptors (Lipinski definition) is 4. The van der Waals surface area contributed by atoms with Gasteiger partial charge in [-0.1, -0.05) is 6.07 Å². The van der Waals surface area contributed by atoms with E-state index < -0.39 is 4.92 Å². The molecule has 0 atom stereocenters. The molecule has 1 aromatic heterocycles. The fourth-order valence-electron chi connectivity index (χ4n) is 1.36. The molecule has 0 aliphatic rings. The number of nitro benzene ring substituents is 1. The summed E-state index contributed by atoms with van der Waals surface area (Å²) in [6, 6.07) is 6.28. The SMILES string of the molecule is NCc1cnn(-c2cccc([N+](=O)[O-])c2)c1. The molecule has 16 heavy (non-hydrogen) atoms. The van der Waals surface area contributed by atoms with E-state index in [1.165, 1.54) is 12.1 Å². The average molecular weight is 218 g/mol. The summed E-state index contributed by atoms with van der Waals surface area (Å²) in [5, 5.41) is 14.7. The minimum atomic E-state index is -0.434. The first-order valence-corrected chi connectivity index (χ1v) is 4.69. The smallest absolute Gasteiger partial charge is 0.271 e. The highest BCUT2D eigenvalue weighted by Gasteiger charge is 2.07. The Morgan fingerprint density at radius 2 is 2.31 bits per heavy atom. The lowest BCUT2D eigenvalue weighted by molar-refractivity contribution is -0.384. The Kier molecular flexibility index (Phi) is 2.65. The lowest BCUT2D eigenvalue weighted by Crippen LogP contribution is -1.97. The highest BCUT2D eigenvalue weighted by atomic mass is 16.6. The van der Waals surface area contributed by atoms with E-state index in [0.29, 0.717) is 12.2 Å². The molecule has 2 aromatic rings. The van der Waals surface area contributed by atoms with Gasteiger partial charge in [0.15, 0.2) is 0 Å². The number of nitrogens with zero attached hydrogens (tertiary/aromatic N) is 3. The minimum Gasteiger partial charge on any atom is -0.326 e. The van der Waals surface area contributed by atoms with Gasteiger partial charge in [0, 0.05) is 30.4 Å². The number of hydrogen-bond donors (Lipinski definition) is 1. The van der Waals surface area contributed by atoms with E-state index in [2.05, 4.69) is 5.10 Å². The fraction of sp³-hybridized carbons (Fsp3) is 0.100. The van der Waals surface area contributed by atoms with E-state index in [1.807, 2.05) is 0 Å². The van der Waals surface area contributed by atoms with Gasteiger partial charge in [-0.15, -0.1) is 0 Å².